The number of hydrogen-bond acceptors (Lipinski definition) is 4. The molecule has 0 amide bonds. The first-order valence-electron chi connectivity index (χ1n) is 6.23. The molecule has 3 rings (SSSR count). The van der Waals surface area contributed by atoms with Crippen molar-refractivity contribution in [3.05, 3.63) is 59.2 Å². The van der Waals surface area contributed by atoms with E-state index in [-0.39, 0.29) is 5.78 Å². The first kappa shape index (κ1) is 12.2. The van der Waals surface area contributed by atoms with Gasteiger partial charge in [0.25, 0.3) is 0 Å². The third-order valence-corrected chi connectivity index (χ3v) is 3.10. The molecule has 0 saturated carbocycles. The van der Waals surface area contributed by atoms with Gasteiger partial charge < -0.3 is 9.47 Å². The number of carbonyl (C=O) groups excluding carboxylic acids is 1. The molecule has 1 aliphatic rings. The maximum Gasteiger partial charge on any atom is 0.194 e. The number of carbonyl (C=O) groups is 1. The maximum atomic E-state index is 12.5. The van der Waals surface area contributed by atoms with E-state index in [1.165, 1.54) is 0 Å². The molecule has 20 heavy (non-hydrogen) atoms. The lowest BCUT2D eigenvalue weighted by molar-refractivity contribution is 0.103. The minimum atomic E-state index is -0.195. The van der Waals surface area contributed by atoms with Crippen molar-refractivity contribution in [3.63, 3.8) is 0 Å². The van der Waals surface area contributed by atoms with Gasteiger partial charge in [0.15, 0.2) is 17.3 Å². The second-order valence-electron chi connectivity index (χ2n) is 4.34. The first-order valence-corrected chi connectivity index (χ1v) is 6.23. The largest absolute Gasteiger partial charge is 0.486 e. The van der Waals surface area contributed by atoms with Crippen LogP contribution in [0.5, 0.6) is 11.5 Å². The lowest BCUT2D eigenvalue weighted by atomic mass is 9.98. The molecule has 0 spiro atoms. The number of nitriles is 1. The van der Waals surface area contributed by atoms with Gasteiger partial charge in [0.2, 0.25) is 0 Å². The molecule has 0 bridgehead atoms. The van der Waals surface area contributed by atoms with Gasteiger partial charge in [-0.3, -0.25) is 4.79 Å². The summed E-state index contributed by atoms with van der Waals surface area (Å²) < 4.78 is 10.9. The zero-order valence-electron chi connectivity index (χ0n) is 10.6. The van der Waals surface area contributed by atoms with Gasteiger partial charge in [-0.25, -0.2) is 0 Å². The van der Waals surface area contributed by atoms with E-state index in [2.05, 4.69) is 0 Å². The molecule has 4 heteroatoms. The Hall–Kier alpha value is -2.80. The lowest BCUT2D eigenvalue weighted by Crippen LogP contribution is -2.16. The van der Waals surface area contributed by atoms with E-state index >= 15 is 0 Å². The summed E-state index contributed by atoms with van der Waals surface area (Å²) in [6, 6.07) is 13.9. The number of ether oxygens (including phenoxy) is 2. The number of benzene rings is 2. The molecule has 0 aromatic heterocycles. The van der Waals surface area contributed by atoms with Gasteiger partial charge in [-0.2, -0.15) is 5.26 Å². The summed E-state index contributed by atoms with van der Waals surface area (Å²) in [6.07, 6.45) is 0. The van der Waals surface area contributed by atoms with Crippen molar-refractivity contribution in [2.45, 2.75) is 0 Å². The highest BCUT2D eigenvalue weighted by Crippen LogP contribution is 2.31. The van der Waals surface area contributed by atoms with Crippen LogP contribution in [0, 0.1) is 11.3 Å². The predicted octanol–water partition coefficient (Wildman–Crippen LogP) is 2.56. The summed E-state index contributed by atoms with van der Waals surface area (Å²) in [6.45, 7) is 0.983. The van der Waals surface area contributed by atoms with E-state index in [4.69, 9.17) is 14.7 Å². The summed E-state index contributed by atoms with van der Waals surface area (Å²) in [7, 11) is 0. The van der Waals surface area contributed by atoms with E-state index in [0.717, 1.165) is 0 Å². The molecule has 0 N–H and O–H groups in total. The van der Waals surface area contributed by atoms with Crippen molar-refractivity contribution >= 4 is 5.78 Å². The molecule has 0 aliphatic carbocycles. The minimum absolute atomic E-state index is 0.195. The molecule has 0 atom stereocenters. The van der Waals surface area contributed by atoms with E-state index in [1.807, 2.05) is 6.07 Å². The predicted molar refractivity (Wildman–Crippen MR) is 72.0 cm³/mol. The van der Waals surface area contributed by atoms with Gasteiger partial charge in [0.05, 0.1) is 11.6 Å². The van der Waals surface area contributed by atoms with E-state index < -0.39 is 0 Å². The Morgan fingerprint density at radius 3 is 2.60 bits per heavy atom. The SMILES string of the molecule is N#Cc1ccccc1C(=O)c1ccc2c(c1)OCCO2. The lowest BCUT2D eigenvalue weighted by Gasteiger charge is -2.18. The highest BCUT2D eigenvalue weighted by atomic mass is 16.6. The highest BCUT2D eigenvalue weighted by molar-refractivity contribution is 6.10. The molecular formula is C16H11NO3. The van der Waals surface area contributed by atoms with Crippen LogP contribution < -0.4 is 9.47 Å². The second-order valence-corrected chi connectivity index (χ2v) is 4.34. The standard InChI is InChI=1S/C16H11NO3/c17-10-12-3-1-2-4-13(12)16(18)11-5-6-14-15(9-11)20-8-7-19-14/h1-6,9H,7-8H2. The Bertz CT molecular complexity index is 716. The number of rotatable bonds is 2. The smallest absolute Gasteiger partial charge is 0.194 e. The normalized spacial score (nSPS) is 12.6. The number of fused-ring (bicyclic) bond motifs is 1. The minimum Gasteiger partial charge on any atom is -0.486 e. The molecule has 2 aromatic carbocycles. The van der Waals surface area contributed by atoms with Crippen LogP contribution in [0.4, 0.5) is 0 Å². The van der Waals surface area contributed by atoms with Crippen molar-refractivity contribution in [2.75, 3.05) is 13.2 Å². The summed E-state index contributed by atoms with van der Waals surface area (Å²) in [5.41, 5.74) is 1.25. The average molecular weight is 265 g/mol. The van der Waals surface area contributed by atoms with Gasteiger partial charge in [-0.1, -0.05) is 12.1 Å². The van der Waals surface area contributed by atoms with E-state index in [0.29, 0.717) is 41.4 Å². The third kappa shape index (κ3) is 2.10. The van der Waals surface area contributed by atoms with Gasteiger partial charge in [-0.05, 0) is 30.3 Å². The molecular weight excluding hydrogens is 254 g/mol. The van der Waals surface area contributed by atoms with Crippen molar-refractivity contribution < 1.29 is 14.3 Å². The summed E-state index contributed by atoms with van der Waals surface area (Å²) in [5.74, 6) is 1.01. The van der Waals surface area contributed by atoms with Crippen LogP contribution in [-0.2, 0) is 0 Å². The highest BCUT2D eigenvalue weighted by Gasteiger charge is 2.17. The second kappa shape index (κ2) is 5.06. The topological polar surface area (TPSA) is 59.3 Å². The van der Waals surface area contributed by atoms with Crippen molar-refractivity contribution in [1.82, 2.24) is 0 Å². The van der Waals surface area contributed by atoms with Crippen LogP contribution in [0.2, 0.25) is 0 Å². The van der Waals surface area contributed by atoms with Crippen molar-refractivity contribution in [1.29, 1.82) is 5.26 Å². The van der Waals surface area contributed by atoms with E-state index in [1.54, 1.807) is 42.5 Å². The Kier molecular flexibility index (Phi) is 3.10. The molecule has 1 heterocycles. The van der Waals surface area contributed by atoms with Gasteiger partial charge in [0, 0.05) is 11.1 Å². The van der Waals surface area contributed by atoms with Crippen LogP contribution >= 0.6 is 0 Å². The molecule has 0 fully saturated rings. The average Bonchev–Trinajstić information content (AvgIpc) is 2.53. The molecule has 1 aliphatic heterocycles. The van der Waals surface area contributed by atoms with Gasteiger partial charge >= 0.3 is 0 Å². The first-order chi connectivity index (χ1) is 9.79. The summed E-state index contributed by atoms with van der Waals surface area (Å²) >= 11 is 0. The van der Waals surface area contributed by atoms with Crippen molar-refractivity contribution in [3.8, 4) is 17.6 Å². The summed E-state index contributed by atoms with van der Waals surface area (Å²) in [5, 5.41) is 9.06. The fraction of sp³-hybridized carbons (Fsp3) is 0.125. The Labute approximate surface area is 116 Å². The fourth-order valence-electron chi connectivity index (χ4n) is 2.12. The Morgan fingerprint density at radius 1 is 1.05 bits per heavy atom. The summed E-state index contributed by atoms with van der Waals surface area (Å²) in [4.78, 5) is 12.5. The maximum absolute atomic E-state index is 12.5. The van der Waals surface area contributed by atoms with Gasteiger partial charge in [0.1, 0.15) is 13.2 Å². The Morgan fingerprint density at radius 2 is 1.80 bits per heavy atom. The number of nitrogens with zero attached hydrogens (tertiary/aromatic N) is 1. The van der Waals surface area contributed by atoms with Crippen LogP contribution in [0.15, 0.2) is 42.5 Å². The monoisotopic (exact) mass is 265 g/mol. The van der Waals surface area contributed by atoms with Crippen LogP contribution in [0.3, 0.4) is 0 Å². The Balaban J connectivity index is 2.01. The quantitative estimate of drug-likeness (QED) is 0.783. The third-order valence-electron chi connectivity index (χ3n) is 3.10. The molecule has 0 unspecified atom stereocenters. The number of hydrogen-bond donors (Lipinski definition) is 0. The molecule has 0 radical (unpaired) electrons. The van der Waals surface area contributed by atoms with Crippen LogP contribution in [-0.4, -0.2) is 19.0 Å². The number of ketones is 1. The zero-order chi connectivity index (χ0) is 13.9. The van der Waals surface area contributed by atoms with Gasteiger partial charge in [-0.15, -0.1) is 0 Å². The molecule has 2 aromatic rings. The zero-order valence-corrected chi connectivity index (χ0v) is 10.6. The van der Waals surface area contributed by atoms with Crippen molar-refractivity contribution in [2.24, 2.45) is 0 Å². The molecule has 98 valence electrons. The van der Waals surface area contributed by atoms with E-state index in [9.17, 15) is 4.79 Å². The molecule has 4 nitrogen and oxygen atoms in total. The fourth-order valence-corrected chi connectivity index (χ4v) is 2.12. The van der Waals surface area contributed by atoms with Crippen LogP contribution in [0.1, 0.15) is 21.5 Å². The van der Waals surface area contributed by atoms with Crippen LogP contribution in [0.25, 0.3) is 0 Å². The molecule has 0 saturated heterocycles.